The van der Waals surface area contributed by atoms with E-state index in [1.54, 1.807) is 11.3 Å². The van der Waals surface area contributed by atoms with Gasteiger partial charge in [0.2, 0.25) is 5.91 Å². The molecule has 2 unspecified atom stereocenters. The van der Waals surface area contributed by atoms with Crippen molar-refractivity contribution in [2.75, 3.05) is 6.54 Å². The third kappa shape index (κ3) is 6.53. The molecule has 1 heterocycles. The van der Waals surface area contributed by atoms with E-state index in [1.807, 2.05) is 0 Å². The zero-order valence-electron chi connectivity index (χ0n) is 12.9. The molecule has 0 saturated heterocycles. The van der Waals surface area contributed by atoms with Crippen molar-refractivity contribution in [2.24, 2.45) is 17.6 Å². The van der Waals surface area contributed by atoms with Gasteiger partial charge in [0.15, 0.2) is 0 Å². The van der Waals surface area contributed by atoms with Crippen LogP contribution in [-0.4, -0.2) is 18.5 Å². The van der Waals surface area contributed by atoms with E-state index in [0.29, 0.717) is 24.8 Å². The van der Waals surface area contributed by atoms with E-state index in [0.717, 1.165) is 19.3 Å². The summed E-state index contributed by atoms with van der Waals surface area (Å²) in [4.78, 5) is 12.0. The first-order valence-corrected chi connectivity index (χ1v) is 8.47. The van der Waals surface area contributed by atoms with Crippen LogP contribution in [0.25, 0.3) is 0 Å². The van der Waals surface area contributed by atoms with Crippen LogP contribution in [0.1, 0.15) is 45.6 Å². The lowest BCUT2D eigenvalue weighted by Gasteiger charge is -2.20. The number of nitrogens with one attached hydrogen (secondary N) is 1. The summed E-state index contributed by atoms with van der Waals surface area (Å²) in [5.41, 5.74) is 6.93. The van der Waals surface area contributed by atoms with Crippen molar-refractivity contribution < 1.29 is 4.79 Å². The maximum Gasteiger partial charge on any atom is 0.220 e. The van der Waals surface area contributed by atoms with E-state index in [-0.39, 0.29) is 11.9 Å². The molecule has 1 rings (SSSR count). The summed E-state index contributed by atoms with van der Waals surface area (Å²) >= 11 is 1.70. The van der Waals surface area contributed by atoms with Gasteiger partial charge in [-0.3, -0.25) is 4.79 Å². The summed E-state index contributed by atoms with van der Waals surface area (Å²) in [5.74, 6) is 1.31. The third-order valence-corrected chi connectivity index (χ3v) is 4.48. The molecule has 1 amide bonds. The molecule has 0 spiro atoms. The summed E-state index contributed by atoms with van der Waals surface area (Å²) in [7, 11) is 0. The number of rotatable bonds is 9. The van der Waals surface area contributed by atoms with Crippen molar-refractivity contribution in [3.8, 4) is 0 Å². The fraction of sp³-hybridized carbons (Fsp3) is 0.688. The number of carbonyl (C=O) groups is 1. The lowest BCUT2D eigenvalue weighted by molar-refractivity contribution is -0.122. The first-order chi connectivity index (χ1) is 9.52. The van der Waals surface area contributed by atoms with Crippen LogP contribution in [0, 0.1) is 11.8 Å². The van der Waals surface area contributed by atoms with E-state index in [4.69, 9.17) is 5.73 Å². The Kier molecular flexibility index (Phi) is 7.85. The zero-order valence-corrected chi connectivity index (χ0v) is 13.7. The SMILES string of the molecule is CC(Cc1ccsc1)NC(=O)CCC(CCN)C(C)C. The Hall–Kier alpha value is -0.870. The number of nitrogens with two attached hydrogens (primary N) is 1. The Morgan fingerprint density at radius 3 is 2.65 bits per heavy atom. The third-order valence-electron chi connectivity index (χ3n) is 3.75. The molecule has 0 bridgehead atoms. The zero-order chi connectivity index (χ0) is 15.0. The molecule has 0 fully saturated rings. The van der Waals surface area contributed by atoms with Crippen LogP contribution in [0.5, 0.6) is 0 Å². The van der Waals surface area contributed by atoms with Crippen molar-refractivity contribution in [3.05, 3.63) is 22.4 Å². The van der Waals surface area contributed by atoms with Gasteiger partial charge in [-0.2, -0.15) is 11.3 Å². The molecule has 0 aliphatic carbocycles. The van der Waals surface area contributed by atoms with Crippen LogP contribution in [0.15, 0.2) is 16.8 Å². The lowest BCUT2D eigenvalue weighted by atomic mass is 9.88. The van der Waals surface area contributed by atoms with Gasteiger partial charge in [-0.05, 0) is 67.0 Å². The topological polar surface area (TPSA) is 55.1 Å². The molecule has 1 aromatic heterocycles. The number of carbonyl (C=O) groups excluding carboxylic acids is 1. The van der Waals surface area contributed by atoms with Gasteiger partial charge in [0, 0.05) is 12.5 Å². The molecule has 3 nitrogen and oxygen atoms in total. The van der Waals surface area contributed by atoms with Crippen molar-refractivity contribution in [1.29, 1.82) is 0 Å². The second kappa shape index (κ2) is 9.14. The normalized spacial score (nSPS) is 14.2. The maximum absolute atomic E-state index is 12.0. The Labute approximate surface area is 127 Å². The van der Waals surface area contributed by atoms with E-state index < -0.39 is 0 Å². The lowest BCUT2D eigenvalue weighted by Crippen LogP contribution is -2.34. The van der Waals surface area contributed by atoms with Crippen molar-refractivity contribution >= 4 is 17.2 Å². The minimum atomic E-state index is 0.162. The highest BCUT2D eigenvalue weighted by molar-refractivity contribution is 7.07. The number of amides is 1. The van der Waals surface area contributed by atoms with Crippen LogP contribution in [0.2, 0.25) is 0 Å². The maximum atomic E-state index is 12.0. The average molecular weight is 296 g/mol. The molecule has 3 N–H and O–H groups in total. The smallest absolute Gasteiger partial charge is 0.220 e. The van der Waals surface area contributed by atoms with Crippen molar-refractivity contribution in [1.82, 2.24) is 5.32 Å². The molecular formula is C16H28N2OS. The minimum Gasteiger partial charge on any atom is -0.353 e. The highest BCUT2D eigenvalue weighted by Crippen LogP contribution is 2.20. The standard InChI is InChI=1S/C16H28N2OS/c1-12(2)15(6-8-17)4-5-16(19)18-13(3)10-14-7-9-20-11-14/h7,9,11-13,15H,4-6,8,10,17H2,1-3H3,(H,18,19). The van der Waals surface area contributed by atoms with Gasteiger partial charge < -0.3 is 11.1 Å². The minimum absolute atomic E-state index is 0.162. The Morgan fingerprint density at radius 1 is 1.35 bits per heavy atom. The van der Waals surface area contributed by atoms with Crippen molar-refractivity contribution in [2.45, 2.75) is 52.5 Å². The monoisotopic (exact) mass is 296 g/mol. The molecule has 0 aliphatic heterocycles. The van der Waals surface area contributed by atoms with Gasteiger partial charge in [-0.25, -0.2) is 0 Å². The van der Waals surface area contributed by atoms with E-state index >= 15 is 0 Å². The fourth-order valence-corrected chi connectivity index (χ4v) is 3.18. The van der Waals surface area contributed by atoms with Gasteiger partial charge >= 0.3 is 0 Å². The number of hydrogen-bond acceptors (Lipinski definition) is 3. The van der Waals surface area contributed by atoms with Crippen LogP contribution in [0.3, 0.4) is 0 Å². The molecule has 1 aromatic rings. The molecule has 4 heteroatoms. The summed E-state index contributed by atoms with van der Waals surface area (Å²) < 4.78 is 0. The van der Waals surface area contributed by atoms with E-state index in [1.165, 1.54) is 5.56 Å². The number of thiophene rings is 1. The summed E-state index contributed by atoms with van der Waals surface area (Å²) in [6, 6.07) is 2.31. The van der Waals surface area contributed by atoms with Crippen LogP contribution < -0.4 is 11.1 Å². The summed E-state index contributed by atoms with van der Waals surface area (Å²) in [6.07, 6.45) is 3.46. The second-order valence-corrected chi connectivity index (χ2v) is 6.70. The van der Waals surface area contributed by atoms with Crippen LogP contribution in [0.4, 0.5) is 0 Å². The number of hydrogen-bond donors (Lipinski definition) is 2. The molecule has 2 atom stereocenters. The Balaban J connectivity index is 2.28. The summed E-state index contributed by atoms with van der Waals surface area (Å²) in [5, 5.41) is 7.30. The Morgan fingerprint density at radius 2 is 2.10 bits per heavy atom. The predicted octanol–water partition coefficient (Wildman–Crippen LogP) is 3.20. The molecule has 0 radical (unpaired) electrons. The van der Waals surface area contributed by atoms with Crippen molar-refractivity contribution in [3.63, 3.8) is 0 Å². The van der Waals surface area contributed by atoms with E-state index in [2.05, 4.69) is 42.9 Å². The first kappa shape index (κ1) is 17.2. The van der Waals surface area contributed by atoms with Gasteiger partial charge in [-0.15, -0.1) is 0 Å². The highest BCUT2D eigenvalue weighted by atomic mass is 32.1. The summed E-state index contributed by atoms with van der Waals surface area (Å²) in [6.45, 7) is 7.18. The Bertz CT molecular complexity index is 376. The molecular weight excluding hydrogens is 268 g/mol. The van der Waals surface area contributed by atoms with Gasteiger partial charge in [-0.1, -0.05) is 13.8 Å². The molecule has 20 heavy (non-hydrogen) atoms. The quantitative estimate of drug-likeness (QED) is 0.735. The first-order valence-electron chi connectivity index (χ1n) is 7.53. The fourth-order valence-electron chi connectivity index (χ4n) is 2.50. The predicted molar refractivity (Wildman–Crippen MR) is 86.9 cm³/mol. The molecule has 114 valence electrons. The van der Waals surface area contributed by atoms with Gasteiger partial charge in [0.25, 0.3) is 0 Å². The van der Waals surface area contributed by atoms with Crippen LogP contribution in [-0.2, 0) is 11.2 Å². The molecule has 0 aliphatic rings. The molecule has 0 saturated carbocycles. The average Bonchev–Trinajstić information content (AvgIpc) is 2.86. The van der Waals surface area contributed by atoms with Gasteiger partial charge in [0.1, 0.15) is 0 Å². The largest absolute Gasteiger partial charge is 0.353 e. The van der Waals surface area contributed by atoms with Crippen LogP contribution >= 0.6 is 11.3 Å². The van der Waals surface area contributed by atoms with E-state index in [9.17, 15) is 4.79 Å². The highest BCUT2D eigenvalue weighted by Gasteiger charge is 2.15. The molecule has 0 aromatic carbocycles. The van der Waals surface area contributed by atoms with Gasteiger partial charge in [0.05, 0.1) is 0 Å². The second-order valence-electron chi connectivity index (χ2n) is 5.92.